The van der Waals surface area contributed by atoms with E-state index in [0.29, 0.717) is 12.3 Å². The molecule has 1 amide bonds. The average molecular weight is 181 g/mol. The molecule has 1 saturated carbocycles. The van der Waals surface area contributed by atoms with Crippen LogP contribution in [0.1, 0.15) is 32.6 Å². The molecule has 13 heavy (non-hydrogen) atoms. The maximum absolute atomic E-state index is 11.6. The fraction of sp³-hybridized carbons (Fsp3) is 0.800. The number of carbonyl (C=O) groups is 2. The van der Waals surface area contributed by atoms with Crippen molar-refractivity contribution >= 4 is 11.7 Å². The van der Waals surface area contributed by atoms with Gasteiger partial charge in [0, 0.05) is 19.9 Å². The van der Waals surface area contributed by atoms with Gasteiger partial charge in [-0.05, 0) is 25.2 Å². The first-order chi connectivity index (χ1) is 6.20. The second kappa shape index (κ2) is 3.13. The number of nitrogens with zero attached hydrogens (tertiary/aromatic N) is 1. The fourth-order valence-electron chi connectivity index (χ4n) is 2.63. The number of carbonyl (C=O) groups excluding carboxylic acids is 2. The molecule has 3 heteroatoms. The summed E-state index contributed by atoms with van der Waals surface area (Å²) < 4.78 is 0. The molecule has 0 unspecified atom stereocenters. The van der Waals surface area contributed by atoms with Crippen LogP contribution in [-0.4, -0.2) is 29.2 Å². The van der Waals surface area contributed by atoms with Gasteiger partial charge in [-0.2, -0.15) is 0 Å². The second-order valence-electron chi connectivity index (χ2n) is 4.06. The topological polar surface area (TPSA) is 37.4 Å². The van der Waals surface area contributed by atoms with Crippen LogP contribution in [0.3, 0.4) is 0 Å². The van der Waals surface area contributed by atoms with Gasteiger partial charge in [0.05, 0.1) is 6.04 Å². The summed E-state index contributed by atoms with van der Waals surface area (Å²) >= 11 is 0. The highest BCUT2D eigenvalue weighted by Crippen LogP contribution is 2.34. The molecule has 2 fully saturated rings. The van der Waals surface area contributed by atoms with Gasteiger partial charge in [0.15, 0.2) is 5.78 Å². The lowest BCUT2D eigenvalue weighted by Crippen LogP contribution is -2.44. The van der Waals surface area contributed by atoms with Crippen LogP contribution < -0.4 is 0 Å². The third-order valence-corrected chi connectivity index (χ3v) is 3.26. The minimum Gasteiger partial charge on any atom is -0.333 e. The molecule has 0 aromatic heterocycles. The molecule has 2 aliphatic rings. The zero-order valence-corrected chi connectivity index (χ0v) is 7.95. The van der Waals surface area contributed by atoms with Crippen molar-refractivity contribution in [1.82, 2.24) is 4.90 Å². The van der Waals surface area contributed by atoms with Gasteiger partial charge in [0.2, 0.25) is 5.91 Å². The smallest absolute Gasteiger partial charge is 0.220 e. The lowest BCUT2D eigenvalue weighted by molar-refractivity contribution is -0.138. The molecule has 0 N–H and O–H groups in total. The number of amides is 1. The van der Waals surface area contributed by atoms with E-state index in [0.717, 1.165) is 25.8 Å². The van der Waals surface area contributed by atoms with Crippen LogP contribution in [0.5, 0.6) is 0 Å². The molecule has 3 nitrogen and oxygen atoms in total. The highest BCUT2D eigenvalue weighted by molar-refractivity contribution is 5.89. The van der Waals surface area contributed by atoms with Crippen LogP contribution >= 0.6 is 0 Å². The third-order valence-electron chi connectivity index (χ3n) is 3.26. The summed E-state index contributed by atoms with van der Waals surface area (Å²) in [5.74, 6) is 0.803. The number of Topliss-reactive ketones (excluding diaryl/α,β-unsaturated/α-hetero) is 1. The Morgan fingerprint density at radius 1 is 1.46 bits per heavy atom. The van der Waals surface area contributed by atoms with Gasteiger partial charge in [-0.25, -0.2) is 0 Å². The predicted octanol–water partition coefficient (Wildman–Crippen LogP) is 0.976. The largest absolute Gasteiger partial charge is 0.333 e. The molecule has 0 bridgehead atoms. The molecule has 0 spiro atoms. The molecule has 72 valence electrons. The number of hydrogen-bond acceptors (Lipinski definition) is 2. The van der Waals surface area contributed by atoms with Crippen molar-refractivity contribution in [2.45, 2.75) is 38.6 Å². The lowest BCUT2D eigenvalue weighted by Gasteiger charge is -2.29. The van der Waals surface area contributed by atoms with Crippen molar-refractivity contribution in [3.05, 3.63) is 0 Å². The van der Waals surface area contributed by atoms with Crippen LogP contribution in [0.2, 0.25) is 0 Å². The summed E-state index contributed by atoms with van der Waals surface area (Å²) in [7, 11) is 0. The van der Waals surface area contributed by atoms with E-state index in [-0.39, 0.29) is 17.7 Å². The normalized spacial score (nSPS) is 33.3. The van der Waals surface area contributed by atoms with Crippen molar-refractivity contribution in [3.8, 4) is 0 Å². The number of hydrogen-bond donors (Lipinski definition) is 0. The van der Waals surface area contributed by atoms with Crippen LogP contribution in [0, 0.1) is 5.92 Å². The van der Waals surface area contributed by atoms with E-state index >= 15 is 0 Å². The lowest BCUT2D eigenvalue weighted by atomic mass is 9.84. The van der Waals surface area contributed by atoms with Crippen LogP contribution in [0.25, 0.3) is 0 Å². The quantitative estimate of drug-likeness (QED) is 0.558. The van der Waals surface area contributed by atoms with Gasteiger partial charge in [-0.1, -0.05) is 0 Å². The minimum atomic E-state index is -0.0637. The molecule has 1 heterocycles. The molecular formula is C10H15NO2. The average Bonchev–Trinajstić information content (AvgIpc) is 2.49. The Morgan fingerprint density at radius 3 is 2.92 bits per heavy atom. The summed E-state index contributed by atoms with van der Waals surface area (Å²) in [6.07, 6.45) is 3.84. The summed E-state index contributed by atoms with van der Waals surface area (Å²) in [6.45, 7) is 2.35. The Hall–Kier alpha value is -0.860. The van der Waals surface area contributed by atoms with Gasteiger partial charge in [0.25, 0.3) is 0 Å². The van der Waals surface area contributed by atoms with Crippen molar-refractivity contribution in [2.75, 3.05) is 6.54 Å². The summed E-state index contributed by atoms with van der Waals surface area (Å²) in [6, 6.07) is -0.0637. The summed E-state index contributed by atoms with van der Waals surface area (Å²) in [4.78, 5) is 24.6. The maximum Gasteiger partial charge on any atom is 0.220 e. The van der Waals surface area contributed by atoms with Gasteiger partial charge in [0.1, 0.15) is 0 Å². The molecule has 1 aliphatic heterocycles. The Labute approximate surface area is 78.1 Å². The fourth-order valence-corrected chi connectivity index (χ4v) is 2.63. The molecule has 0 aromatic carbocycles. The number of rotatable bonds is 0. The van der Waals surface area contributed by atoms with Crippen molar-refractivity contribution in [2.24, 2.45) is 5.92 Å². The standard InChI is InChI=1S/C10H15NO2/c1-7(12)11-6-5-8-3-2-4-9(13)10(8)11/h8,10H,2-6H2,1H3/t8-,10+/m1/s1. The SMILES string of the molecule is CC(=O)N1CC[C@H]2CCCC(=O)[C@H]21. The highest BCUT2D eigenvalue weighted by atomic mass is 16.2. The van der Waals surface area contributed by atoms with Crippen molar-refractivity contribution in [1.29, 1.82) is 0 Å². The summed E-state index contributed by atoms with van der Waals surface area (Å²) in [5.41, 5.74) is 0. The Balaban J connectivity index is 2.18. The van der Waals surface area contributed by atoms with Gasteiger partial charge in [-0.3, -0.25) is 9.59 Å². The molecule has 0 aromatic rings. The number of likely N-dealkylation sites (tertiary alicyclic amines) is 1. The van der Waals surface area contributed by atoms with E-state index in [9.17, 15) is 9.59 Å². The molecule has 1 aliphatic carbocycles. The Morgan fingerprint density at radius 2 is 2.23 bits per heavy atom. The van der Waals surface area contributed by atoms with Crippen molar-refractivity contribution < 1.29 is 9.59 Å². The predicted molar refractivity (Wildman–Crippen MR) is 48.1 cm³/mol. The summed E-state index contributed by atoms with van der Waals surface area (Å²) in [5, 5.41) is 0. The molecule has 1 saturated heterocycles. The van der Waals surface area contributed by atoms with Gasteiger partial charge < -0.3 is 4.90 Å². The number of ketones is 1. The van der Waals surface area contributed by atoms with Gasteiger partial charge in [-0.15, -0.1) is 0 Å². The molecule has 2 atom stereocenters. The highest BCUT2D eigenvalue weighted by Gasteiger charge is 2.41. The number of fused-ring (bicyclic) bond motifs is 1. The molecular weight excluding hydrogens is 166 g/mol. The first-order valence-electron chi connectivity index (χ1n) is 5.00. The first kappa shape index (κ1) is 8.73. The van der Waals surface area contributed by atoms with E-state index in [1.54, 1.807) is 11.8 Å². The van der Waals surface area contributed by atoms with Crippen LogP contribution in [-0.2, 0) is 9.59 Å². The van der Waals surface area contributed by atoms with E-state index in [1.165, 1.54) is 0 Å². The molecule has 2 rings (SSSR count). The minimum absolute atomic E-state index is 0.0581. The van der Waals surface area contributed by atoms with E-state index in [4.69, 9.17) is 0 Å². The van der Waals surface area contributed by atoms with E-state index < -0.39 is 0 Å². The maximum atomic E-state index is 11.6. The van der Waals surface area contributed by atoms with E-state index in [1.807, 2.05) is 0 Å². The zero-order valence-electron chi connectivity index (χ0n) is 7.95. The van der Waals surface area contributed by atoms with E-state index in [2.05, 4.69) is 0 Å². The second-order valence-corrected chi connectivity index (χ2v) is 4.06. The van der Waals surface area contributed by atoms with Crippen LogP contribution in [0.4, 0.5) is 0 Å². The van der Waals surface area contributed by atoms with Crippen molar-refractivity contribution in [3.63, 3.8) is 0 Å². The molecule has 0 radical (unpaired) electrons. The monoisotopic (exact) mass is 181 g/mol. The van der Waals surface area contributed by atoms with Crippen LogP contribution in [0.15, 0.2) is 0 Å². The van der Waals surface area contributed by atoms with Gasteiger partial charge >= 0.3 is 0 Å². The third kappa shape index (κ3) is 1.36. The zero-order chi connectivity index (χ0) is 9.42. The Bertz CT molecular complexity index is 249. The first-order valence-corrected chi connectivity index (χ1v) is 5.00. The Kier molecular flexibility index (Phi) is 2.10.